The van der Waals surface area contributed by atoms with Gasteiger partial charge in [-0.25, -0.2) is 9.37 Å². The fourth-order valence-electron chi connectivity index (χ4n) is 1.75. The molecule has 0 saturated carbocycles. The van der Waals surface area contributed by atoms with Crippen molar-refractivity contribution in [2.45, 2.75) is 19.8 Å². The number of halogens is 2. The predicted molar refractivity (Wildman–Crippen MR) is 95.8 cm³/mol. The highest BCUT2D eigenvalue weighted by molar-refractivity contribution is 14.0. The summed E-state index contributed by atoms with van der Waals surface area (Å²) in [5, 5.41) is 3.02. The van der Waals surface area contributed by atoms with Crippen LogP contribution in [0, 0.1) is 5.82 Å². The summed E-state index contributed by atoms with van der Waals surface area (Å²) >= 11 is 0. The zero-order valence-corrected chi connectivity index (χ0v) is 14.7. The topological polar surface area (TPSA) is 76.4 Å². The molecule has 0 atom stereocenters. The minimum atomic E-state index is -0.281. The fourth-order valence-corrected chi connectivity index (χ4v) is 1.75. The van der Waals surface area contributed by atoms with Crippen LogP contribution in [0.1, 0.15) is 19.0 Å². The number of oxazole rings is 1. The zero-order valence-electron chi connectivity index (χ0n) is 12.4. The van der Waals surface area contributed by atoms with Gasteiger partial charge in [-0.05, 0) is 30.7 Å². The maximum Gasteiger partial charge on any atom is 0.226 e. The number of hydrogen-bond acceptors (Lipinski definition) is 3. The molecule has 22 heavy (non-hydrogen) atoms. The Kier molecular flexibility index (Phi) is 7.86. The first kappa shape index (κ1) is 18.4. The maximum absolute atomic E-state index is 12.9. The molecule has 0 spiro atoms. The molecule has 1 aromatic carbocycles. The Bertz CT molecular complexity index is 598. The van der Waals surface area contributed by atoms with Crippen molar-refractivity contribution < 1.29 is 8.81 Å². The van der Waals surface area contributed by atoms with E-state index in [1.165, 1.54) is 12.1 Å². The molecule has 0 bridgehead atoms. The van der Waals surface area contributed by atoms with Gasteiger partial charge in [0.2, 0.25) is 5.89 Å². The number of hydrogen-bond donors (Lipinski definition) is 2. The quantitative estimate of drug-likeness (QED) is 0.430. The average molecular weight is 418 g/mol. The second kappa shape index (κ2) is 9.39. The third-order valence-electron chi connectivity index (χ3n) is 2.84. The third-order valence-corrected chi connectivity index (χ3v) is 2.84. The highest BCUT2D eigenvalue weighted by Gasteiger charge is 2.06. The van der Waals surface area contributed by atoms with Gasteiger partial charge in [-0.2, -0.15) is 0 Å². The monoisotopic (exact) mass is 418 g/mol. The Morgan fingerprint density at radius 1 is 1.36 bits per heavy atom. The Balaban J connectivity index is 0.00000242. The van der Waals surface area contributed by atoms with Crippen LogP contribution in [0.4, 0.5) is 4.39 Å². The molecule has 3 N–H and O–H groups in total. The number of guanidine groups is 1. The van der Waals surface area contributed by atoms with Crippen LogP contribution in [0.2, 0.25) is 0 Å². The van der Waals surface area contributed by atoms with Crippen molar-refractivity contribution in [1.82, 2.24) is 10.3 Å². The highest BCUT2D eigenvalue weighted by atomic mass is 127. The van der Waals surface area contributed by atoms with Crippen LogP contribution in [-0.2, 0) is 6.42 Å². The van der Waals surface area contributed by atoms with Crippen LogP contribution in [0.3, 0.4) is 0 Å². The van der Waals surface area contributed by atoms with Gasteiger partial charge >= 0.3 is 0 Å². The zero-order chi connectivity index (χ0) is 15.1. The Morgan fingerprint density at radius 2 is 2.09 bits per heavy atom. The molecule has 0 aliphatic heterocycles. The minimum Gasteiger partial charge on any atom is -0.444 e. The predicted octanol–water partition coefficient (Wildman–Crippen LogP) is 2.96. The summed E-state index contributed by atoms with van der Waals surface area (Å²) in [5.74, 6) is 0.647. The summed E-state index contributed by atoms with van der Waals surface area (Å²) in [4.78, 5) is 8.50. The number of nitrogens with two attached hydrogens (primary N) is 1. The second-order valence-corrected chi connectivity index (χ2v) is 4.59. The number of benzene rings is 1. The lowest BCUT2D eigenvalue weighted by atomic mass is 10.2. The number of rotatable bonds is 6. The van der Waals surface area contributed by atoms with E-state index in [1.54, 1.807) is 18.4 Å². The number of nitrogens with one attached hydrogen (secondary N) is 1. The van der Waals surface area contributed by atoms with Gasteiger partial charge < -0.3 is 15.5 Å². The van der Waals surface area contributed by atoms with Crippen LogP contribution in [0.25, 0.3) is 11.5 Å². The van der Waals surface area contributed by atoms with Crippen molar-refractivity contribution in [1.29, 1.82) is 0 Å². The van der Waals surface area contributed by atoms with Crippen molar-refractivity contribution in [3.8, 4) is 11.5 Å². The molecular weight excluding hydrogens is 398 g/mol. The molecule has 0 aliphatic carbocycles. The van der Waals surface area contributed by atoms with Gasteiger partial charge in [0.1, 0.15) is 12.1 Å². The SMILES string of the molecule is CCCN=C(N)NCCc1coc(-c2ccc(F)cc2)n1.I. The van der Waals surface area contributed by atoms with Gasteiger partial charge in [-0.1, -0.05) is 6.92 Å². The fraction of sp³-hybridized carbons (Fsp3) is 0.333. The van der Waals surface area contributed by atoms with Crippen LogP contribution in [0.15, 0.2) is 39.9 Å². The number of nitrogens with zero attached hydrogens (tertiary/aromatic N) is 2. The highest BCUT2D eigenvalue weighted by Crippen LogP contribution is 2.18. The summed E-state index contributed by atoms with van der Waals surface area (Å²) < 4.78 is 18.2. The van der Waals surface area contributed by atoms with Gasteiger partial charge in [0.15, 0.2) is 5.96 Å². The molecule has 1 aromatic heterocycles. The van der Waals surface area contributed by atoms with E-state index in [0.29, 0.717) is 24.8 Å². The van der Waals surface area contributed by atoms with Crippen LogP contribution < -0.4 is 11.1 Å². The van der Waals surface area contributed by atoms with E-state index in [1.807, 2.05) is 6.92 Å². The molecule has 120 valence electrons. The van der Waals surface area contributed by atoms with Gasteiger partial charge in [0, 0.05) is 25.1 Å². The molecule has 5 nitrogen and oxygen atoms in total. The van der Waals surface area contributed by atoms with Crippen molar-refractivity contribution in [2.75, 3.05) is 13.1 Å². The summed E-state index contributed by atoms with van der Waals surface area (Å²) in [7, 11) is 0. The normalized spacial score (nSPS) is 11.1. The smallest absolute Gasteiger partial charge is 0.226 e. The molecule has 0 fully saturated rings. The van der Waals surface area contributed by atoms with Crippen molar-refractivity contribution >= 4 is 29.9 Å². The summed E-state index contributed by atoms with van der Waals surface area (Å²) in [5.41, 5.74) is 7.25. The first-order valence-electron chi connectivity index (χ1n) is 6.93. The molecule has 0 amide bonds. The number of aromatic nitrogens is 1. The van der Waals surface area contributed by atoms with E-state index in [2.05, 4.69) is 15.3 Å². The third kappa shape index (κ3) is 5.63. The number of aliphatic imine (C=N–C) groups is 1. The van der Waals surface area contributed by atoms with E-state index in [-0.39, 0.29) is 29.8 Å². The molecule has 2 aromatic rings. The van der Waals surface area contributed by atoms with Gasteiger partial charge in [-0.15, -0.1) is 24.0 Å². The molecule has 2 rings (SSSR count). The summed E-state index contributed by atoms with van der Waals surface area (Å²) in [6.07, 6.45) is 3.24. The molecule has 0 saturated heterocycles. The van der Waals surface area contributed by atoms with Crippen LogP contribution in [0.5, 0.6) is 0 Å². The Labute approximate surface area is 146 Å². The molecule has 1 heterocycles. The van der Waals surface area contributed by atoms with E-state index >= 15 is 0 Å². The van der Waals surface area contributed by atoms with E-state index in [0.717, 1.165) is 24.2 Å². The molecule has 7 heteroatoms. The largest absolute Gasteiger partial charge is 0.444 e. The summed E-state index contributed by atoms with van der Waals surface area (Å²) in [6, 6.07) is 6.04. The lowest BCUT2D eigenvalue weighted by Crippen LogP contribution is -2.33. The molecule has 0 aliphatic rings. The van der Waals surface area contributed by atoms with Crippen molar-refractivity contribution in [3.63, 3.8) is 0 Å². The van der Waals surface area contributed by atoms with E-state index in [9.17, 15) is 4.39 Å². The lowest BCUT2D eigenvalue weighted by molar-refractivity contribution is 0.571. The first-order valence-corrected chi connectivity index (χ1v) is 6.93. The van der Waals surface area contributed by atoms with Crippen molar-refractivity contribution in [2.24, 2.45) is 10.7 Å². The Hall–Kier alpha value is -1.64. The van der Waals surface area contributed by atoms with E-state index in [4.69, 9.17) is 10.2 Å². The minimum absolute atomic E-state index is 0. The van der Waals surface area contributed by atoms with Gasteiger partial charge in [-0.3, -0.25) is 4.99 Å². The van der Waals surface area contributed by atoms with Crippen LogP contribution >= 0.6 is 24.0 Å². The lowest BCUT2D eigenvalue weighted by Gasteiger charge is -2.03. The maximum atomic E-state index is 12.9. The van der Waals surface area contributed by atoms with Gasteiger partial charge in [0.25, 0.3) is 0 Å². The summed E-state index contributed by atoms with van der Waals surface area (Å²) in [6.45, 7) is 3.40. The Morgan fingerprint density at radius 3 is 2.77 bits per heavy atom. The average Bonchev–Trinajstić information content (AvgIpc) is 2.95. The first-order chi connectivity index (χ1) is 10.2. The van der Waals surface area contributed by atoms with Crippen LogP contribution in [-0.4, -0.2) is 24.0 Å². The molecular formula is C15H20FIN4O. The van der Waals surface area contributed by atoms with E-state index < -0.39 is 0 Å². The second-order valence-electron chi connectivity index (χ2n) is 4.59. The van der Waals surface area contributed by atoms with Crippen molar-refractivity contribution in [3.05, 3.63) is 42.0 Å². The molecule has 0 unspecified atom stereocenters. The van der Waals surface area contributed by atoms with Gasteiger partial charge in [0.05, 0.1) is 5.69 Å². The molecule has 0 radical (unpaired) electrons. The standard InChI is InChI=1S/C15H19FN4O.HI/c1-2-8-18-15(17)19-9-7-13-10-21-14(20-13)11-3-5-12(16)6-4-11;/h3-6,10H,2,7-9H2,1H3,(H3,17,18,19);1H.